The second kappa shape index (κ2) is 4.44. The van der Waals surface area contributed by atoms with Gasteiger partial charge in [-0.2, -0.15) is 9.78 Å². The van der Waals surface area contributed by atoms with E-state index in [1.54, 1.807) is 19.2 Å². The highest BCUT2D eigenvalue weighted by Crippen LogP contribution is 2.15. The van der Waals surface area contributed by atoms with E-state index in [-0.39, 0.29) is 5.97 Å². The summed E-state index contributed by atoms with van der Waals surface area (Å²) in [6.07, 6.45) is 1.67. The Kier molecular flexibility index (Phi) is 3.00. The van der Waals surface area contributed by atoms with Crippen LogP contribution in [0.2, 0.25) is 0 Å². The number of nitrogens with zero attached hydrogens (tertiary/aromatic N) is 3. The first kappa shape index (κ1) is 10.8. The molecule has 5 nitrogen and oxygen atoms in total. The largest absolute Gasteiger partial charge is 0.461 e. The number of aryl methyl sites for hydroxylation is 1. The van der Waals surface area contributed by atoms with E-state index in [2.05, 4.69) is 10.1 Å². The summed E-state index contributed by atoms with van der Waals surface area (Å²) in [7, 11) is 0. The first-order valence-corrected chi connectivity index (χ1v) is 5.74. The van der Waals surface area contributed by atoms with E-state index >= 15 is 0 Å². The van der Waals surface area contributed by atoms with E-state index in [1.165, 1.54) is 16.0 Å². The van der Waals surface area contributed by atoms with Gasteiger partial charge in [-0.25, -0.2) is 9.78 Å². The maximum atomic E-state index is 11.7. The van der Waals surface area contributed by atoms with E-state index in [9.17, 15) is 4.79 Å². The van der Waals surface area contributed by atoms with Gasteiger partial charge in [0.2, 0.25) is 5.13 Å². The van der Waals surface area contributed by atoms with Crippen molar-refractivity contribution in [2.24, 2.45) is 0 Å². The van der Waals surface area contributed by atoms with Crippen LogP contribution in [-0.4, -0.2) is 27.3 Å². The molecule has 0 unspecified atom stereocenters. The third-order valence-electron chi connectivity index (χ3n) is 1.92. The lowest BCUT2D eigenvalue weighted by Crippen LogP contribution is -2.11. The highest BCUT2D eigenvalue weighted by atomic mass is 32.1. The average molecular weight is 237 g/mol. The Bertz CT molecular complexity index is 490. The summed E-state index contributed by atoms with van der Waals surface area (Å²) in [6, 6.07) is 1.69. The zero-order chi connectivity index (χ0) is 11.5. The topological polar surface area (TPSA) is 57.0 Å². The van der Waals surface area contributed by atoms with E-state index in [0.29, 0.717) is 17.4 Å². The minimum Gasteiger partial charge on any atom is -0.461 e. The van der Waals surface area contributed by atoms with Crippen LogP contribution in [0.1, 0.15) is 23.1 Å². The van der Waals surface area contributed by atoms with Gasteiger partial charge in [0.25, 0.3) is 0 Å². The van der Waals surface area contributed by atoms with Crippen molar-refractivity contribution >= 4 is 17.3 Å². The van der Waals surface area contributed by atoms with Crippen molar-refractivity contribution < 1.29 is 9.53 Å². The molecule has 0 N–H and O–H groups in total. The fourth-order valence-electron chi connectivity index (χ4n) is 1.32. The minimum atomic E-state index is -0.377. The number of carbonyl (C=O) groups is 1. The van der Waals surface area contributed by atoms with E-state index in [4.69, 9.17) is 4.74 Å². The lowest BCUT2D eigenvalue weighted by molar-refractivity contribution is 0.0515. The lowest BCUT2D eigenvalue weighted by atomic mass is 10.4. The molecule has 0 atom stereocenters. The third-order valence-corrected chi connectivity index (χ3v) is 2.66. The van der Waals surface area contributed by atoms with Gasteiger partial charge in [0.15, 0.2) is 5.69 Å². The highest BCUT2D eigenvalue weighted by molar-refractivity contribution is 7.12. The van der Waals surface area contributed by atoms with Gasteiger partial charge in [-0.05, 0) is 19.9 Å². The zero-order valence-electron chi connectivity index (χ0n) is 9.01. The summed E-state index contributed by atoms with van der Waals surface area (Å²) in [5.74, 6) is -0.377. The van der Waals surface area contributed by atoms with Gasteiger partial charge in [0, 0.05) is 11.6 Å². The maximum absolute atomic E-state index is 11.7. The average Bonchev–Trinajstić information content (AvgIpc) is 2.85. The molecule has 2 aromatic rings. The summed E-state index contributed by atoms with van der Waals surface area (Å²) >= 11 is 1.42. The van der Waals surface area contributed by atoms with Crippen molar-refractivity contribution in [3.8, 4) is 5.13 Å². The molecule has 16 heavy (non-hydrogen) atoms. The Morgan fingerprint density at radius 2 is 2.44 bits per heavy atom. The number of carbonyl (C=O) groups excluding carboxylic acids is 1. The number of esters is 1. The highest BCUT2D eigenvalue weighted by Gasteiger charge is 2.17. The molecule has 2 heterocycles. The quantitative estimate of drug-likeness (QED) is 0.764. The summed E-state index contributed by atoms with van der Waals surface area (Å²) < 4.78 is 6.47. The SMILES string of the molecule is CCOC(=O)c1cc(C)nn1-c1nccs1. The molecule has 0 aromatic carbocycles. The van der Waals surface area contributed by atoms with Gasteiger partial charge < -0.3 is 4.74 Å². The number of hydrogen-bond acceptors (Lipinski definition) is 5. The van der Waals surface area contributed by atoms with E-state index in [0.717, 1.165) is 5.69 Å². The molecule has 84 valence electrons. The Morgan fingerprint density at radius 3 is 3.06 bits per heavy atom. The molecule has 2 rings (SSSR count). The van der Waals surface area contributed by atoms with Crippen LogP contribution in [0, 0.1) is 6.92 Å². The first-order valence-electron chi connectivity index (χ1n) is 4.86. The van der Waals surface area contributed by atoms with Crippen LogP contribution in [0.4, 0.5) is 0 Å². The van der Waals surface area contributed by atoms with Crippen molar-refractivity contribution in [3.05, 3.63) is 29.0 Å². The smallest absolute Gasteiger partial charge is 0.357 e. The number of ether oxygens (including phenoxy) is 1. The van der Waals surface area contributed by atoms with Crippen LogP contribution < -0.4 is 0 Å². The standard InChI is InChI=1S/C10H11N3O2S/c1-3-15-9(14)8-6-7(2)12-13(8)10-11-4-5-16-10/h4-6H,3H2,1-2H3. The fourth-order valence-corrected chi connectivity index (χ4v) is 1.92. The second-order valence-corrected chi connectivity index (χ2v) is 3.99. The molecule has 0 saturated heterocycles. The van der Waals surface area contributed by atoms with Crippen LogP contribution in [0.15, 0.2) is 17.6 Å². The number of aromatic nitrogens is 3. The van der Waals surface area contributed by atoms with Crippen molar-refractivity contribution in [1.82, 2.24) is 14.8 Å². The van der Waals surface area contributed by atoms with E-state index < -0.39 is 0 Å². The van der Waals surface area contributed by atoms with Gasteiger partial charge >= 0.3 is 5.97 Å². The summed E-state index contributed by atoms with van der Waals surface area (Å²) in [5, 5.41) is 6.72. The van der Waals surface area contributed by atoms with Crippen LogP contribution >= 0.6 is 11.3 Å². The molecule has 0 aliphatic heterocycles. The molecular weight excluding hydrogens is 226 g/mol. The molecule has 2 aromatic heterocycles. The number of thiazole rings is 1. The molecule has 6 heteroatoms. The van der Waals surface area contributed by atoms with Gasteiger partial charge in [0.05, 0.1) is 12.3 Å². The second-order valence-electron chi connectivity index (χ2n) is 3.12. The lowest BCUT2D eigenvalue weighted by Gasteiger charge is -2.02. The molecule has 0 aliphatic carbocycles. The first-order chi connectivity index (χ1) is 7.72. The molecule has 0 saturated carbocycles. The van der Waals surface area contributed by atoms with Gasteiger partial charge in [0.1, 0.15) is 0 Å². The van der Waals surface area contributed by atoms with Gasteiger partial charge in [-0.15, -0.1) is 11.3 Å². The Morgan fingerprint density at radius 1 is 1.62 bits per heavy atom. The van der Waals surface area contributed by atoms with Crippen molar-refractivity contribution in [2.45, 2.75) is 13.8 Å². The maximum Gasteiger partial charge on any atom is 0.357 e. The van der Waals surface area contributed by atoms with Crippen LogP contribution in [0.3, 0.4) is 0 Å². The predicted octanol–water partition coefficient (Wildman–Crippen LogP) is 1.81. The monoisotopic (exact) mass is 237 g/mol. The van der Waals surface area contributed by atoms with Crippen LogP contribution in [0.5, 0.6) is 0 Å². The van der Waals surface area contributed by atoms with Crippen molar-refractivity contribution in [3.63, 3.8) is 0 Å². The molecular formula is C10H11N3O2S. The molecule has 0 fully saturated rings. The number of rotatable bonds is 3. The van der Waals surface area contributed by atoms with Crippen LogP contribution in [0.25, 0.3) is 5.13 Å². The van der Waals surface area contributed by atoms with Gasteiger partial charge in [-0.1, -0.05) is 0 Å². The van der Waals surface area contributed by atoms with Gasteiger partial charge in [-0.3, -0.25) is 0 Å². The molecule has 0 aliphatic rings. The van der Waals surface area contributed by atoms with Crippen molar-refractivity contribution in [1.29, 1.82) is 0 Å². The normalized spacial score (nSPS) is 10.4. The summed E-state index contributed by atoms with van der Waals surface area (Å²) in [5.41, 5.74) is 1.17. The molecule has 0 bridgehead atoms. The van der Waals surface area contributed by atoms with Crippen LogP contribution in [-0.2, 0) is 4.74 Å². The van der Waals surface area contributed by atoms with Crippen molar-refractivity contribution in [2.75, 3.05) is 6.61 Å². The third kappa shape index (κ3) is 1.96. The molecule has 0 radical (unpaired) electrons. The Balaban J connectivity index is 2.42. The minimum absolute atomic E-state index is 0.348. The fraction of sp³-hybridized carbons (Fsp3) is 0.300. The summed E-state index contributed by atoms with van der Waals surface area (Å²) in [6.45, 7) is 3.95. The van der Waals surface area contributed by atoms with E-state index in [1.807, 2.05) is 12.3 Å². The Labute approximate surface area is 96.7 Å². The zero-order valence-corrected chi connectivity index (χ0v) is 9.82. The predicted molar refractivity (Wildman–Crippen MR) is 59.9 cm³/mol. The molecule has 0 spiro atoms. The molecule has 0 amide bonds. The Hall–Kier alpha value is -1.69. The number of hydrogen-bond donors (Lipinski definition) is 0. The summed E-state index contributed by atoms with van der Waals surface area (Å²) in [4.78, 5) is 15.8.